The number of hydrogen-bond donors (Lipinski definition) is 3. The first-order chi connectivity index (χ1) is 11.9. The molecule has 0 radical (unpaired) electrons. The fourth-order valence-corrected chi connectivity index (χ4v) is 4.77. The van der Waals surface area contributed by atoms with Crippen molar-refractivity contribution in [3.8, 4) is 11.3 Å². The summed E-state index contributed by atoms with van der Waals surface area (Å²) >= 11 is 1.45. The average molecular weight is 356 g/mol. The van der Waals surface area contributed by atoms with Gasteiger partial charge in [-0.3, -0.25) is 0 Å². The van der Waals surface area contributed by atoms with Gasteiger partial charge in [0.1, 0.15) is 6.33 Å². The third-order valence-electron chi connectivity index (χ3n) is 4.61. The molecular weight excluding hydrogens is 336 g/mol. The molecule has 0 atom stereocenters. The van der Waals surface area contributed by atoms with Crippen molar-refractivity contribution in [1.29, 1.82) is 0 Å². The van der Waals surface area contributed by atoms with Crippen LogP contribution in [0.3, 0.4) is 0 Å². The van der Waals surface area contributed by atoms with Crippen LogP contribution in [-0.2, 0) is 0 Å². The number of fused-ring (bicyclic) bond motifs is 2. The fourth-order valence-electron chi connectivity index (χ4n) is 3.43. The van der Waals surface area contributed by atoms with Crippen molar-refractivity contribution in [2.24, 2.45) is 0 Å². The molecule has 0 saturated carbocycles. The van der Waals surface area contributed by atoms with Crippen molar-refractivity contribution in [3.05, 3.63) is 40.2 Å². The van der Waals surface area contributed by atoms with Crippen LogP contribution in [-0.4, -0.2) is 29.8 Å². The predicted molar refractivity (Wildman–Crippen MR) is 98.9 cm³/mol. The molecule has 0 aromatic carbocycles. The summed E-state index contributed by atoms with van der Waals surface area (Å²) in [5.41, 5.74) is 7.07. The molecule has 0 spiro atoms. The maximum atomic E-state index is 9.60. The number of hydrogen-bond acceptors (Lipinski definition) is 5. The number of nitrogens with zero attached hydrogens (tertiary/aromatic N) is 3. The van der Waals surface area contributed by atoms with Crippen molar-refractivity contribution in [2.75, 3.05) is 0 Å². The first-order valence-corrected chi connectivity index (χ1v) is 9.01. The monoisotopic (exact) mass is 356 g/mol. The number of rotatable bonds is 3. The van der Waals surface area contributed by atoms with E-state index in [9.17, 15) is 10.2 Å². The zero-order valence-corrected chi connectivity index (χ0v) is 15.3. The van der Waals surface area contributed by atoms with Gasteiger partial charge in [0.25, 0.3) is 0 Å². The Kier molecular flexibility index (Phi) is 3.68. The largest absolute Gasteiger partial charge is 0.364 e. The molecule has 7 heteroatoms. The SMILES string of the molecule is Cc1c(C(O)O)sc2c(C(C)C)c(-c3cc(C)c4ncnn4c3)[nH]c12. The van der Waals surface area contributed by atoms with E-state index < -0.39 is 6.29 Å². The van der Waals surface area contributed by atoms with Gasteiger partial charge in [0.2, 0.25) is 0 Å². The highest BCUT2D eigenvalue weighted by Crippen LogP contribution is 2.43. The van der Waals surface area contributed by atoms with Crippen molar-refractivity contribution in [3.63, 3.8) is 0 Å². The Hall–Kier alpha value is -2.22. The third kappa shape index (κ3) is 2.38. The van der Waals surface area contributed by atoms with Crippen LogP contribution in [0.25, 0.3) is 27.1 Å². The van der Waals surface area contributed by atoms with Crippen LogP contribution in [0.5, 0.6) is 0 Å². The smallest absolute Gasteiger partial charge is 0.188 e. The summed E-state index contributed by atoms with van der Waals surface area (Å²) in [5.74, 6) is 0.289. The van der Waals surface area contributed by atoms with Crippen molar-refractivity contribution < 1.29 is 10.2 Å². The van der Waals surface area contributed by atoms with E-state index in [-0.39, 0.29) is 5.92 Å². The Morgan fingerprint density at radius 1 is 1.24 bits per heavy atom. The number of H-pyrrole nitrogens is 1. The molecule has 0 aliphatic heterocycles. The standard InChI is InChI=1S/C18H20N4O2S/c1-8(2)12-14(11-5-9(3)17-19-7-20-22(17)6-11)21-13-10(4)15(18(23)24)25-16(12)13/h5-8,18,21,23-24H,1-4H3. The Morgan fingerprint density at radius 3 is 2.68 bits per heavy atom. The molecule has 130 valence electrons. The van der Waals surface area contributed by atoms with Crippen LogP contribution >= 0.6 is 11.3 Å². The lowest BCUT2D eigenvalue weighted by atomic mass is 9.99. The molecule has 0 aliphatic carbocycles. The van der Waals surface area contributed by atoms with Gasteiger partial charge < -0.3 is 15.2 Å². The second-order valence-electron chi connectivity index (χ2n) is 6.68. The van der Waals surface area contributed by atoms with E-state index in [0.29, 0.717) is 4.88 Å². The van der Waals surface area contributed by atoms with E-state index in [1.54, 1.807) is 10.8 Å². The molecule has 0 amide bonds. The summed E-state index contributed by atoms with van der Waals surface area (Å²) < 4.78 is 2.88. The van der Waals surface area contributed by atoms with E-state index >= 15 is 0 Å². The summed E-state index contributed by atoms with van der Waals surface area (Å²) in [6.45, 7) is 8.25. The fraction of sp³-hybridized carbons (Fsp3) is 0.333. The van der Waals surface area contributed by atoms with Gasteiger partial charge in [-0.25, -0.2) is 9.50 Å². The Labute approximate surface area is 148 Å². The van der Waals surface area contributed by atoms with Gasteiger partial charge in [0, 0.05) is 11.8 Å². The Bertz CT molecular complexity index is 1090. The highest BCUT2D eigenvalue weighted by atomic mass is 32.1. The highest BCUT2D eigenvalue weighted by molar-refractivity contribution is 7.19. The molecule has 0 bridgehead atoms. The number of thiophene rings is 1. The van der Waals surface area contributed by atoms with Gasteiger partial charge in [-0.05, 0) is 42.5 Å². The first-order valence-electron chi connectivity index (χ1n) is 8.19. The Balaban J connectivity index is 2.01. The lowest BCUT2D eigenvalue weighted by Gasteiger charge is -2.10. The molecular formula is C18H20N4O2S. The number of aliphatic hydroxyl groups is 2. The minimum atomic E-state index is -1.44. The first kappa shape index (κ1) is 16.3. The maximum Gasteiger partial charge on any atom is 0.188 e. The lowest BCUT2D eigenvalue weighted by Crippen LogP contribution is -1.96. The number of aromatic amines is 1. The summed E-state index contributed by atoms with van der Waals surface area (Å²) in [4.78, 5) is 8.39. The summed E-state index contributed by atoms with van der Waals surface area (Å²) in [6.07, 6.45) is 2.10. The summed E-state index contributed by atoms with van der Waals surface area (Å²) in [5, 5.41) is 23.5. The zero-order valence-electron chi connectivity index (χ0n) is 14.5. The highest BCUT2D eigenvalue weighted by Gasteiger charge is 2.23. The van der Waals surface area contributed by atoms with E-state index in [1.165, 1.54) is 16.9 Å². The molecule has 0 saturated heterocycles. The van der Waals surface area contributed by atoms with Gasteiger partial charge in [-0.15, -0.1) is 11.3 Å². The minimum Gasteiger partial charge on any atom is -0.364 e. The second kappa shape index (κ2) is 5.66. The zero-order chi connectivity index (χ0) is 17.9. The second-order valence-corrected chi connectivity index (χ2v) is 7.73. The van der Waals surface area contributed by atoms with Gasteiger partial charge in [-0.1, -0.05) is 13.8 Å². The number of aliphatic hydroxyl groups excluding tert-OH is 1. The van der Waals surface area contributed by atoms with Crippen LogP contribution in [0.2, 0.25) is 0 Å². The van der Waals surface area contributed by atoms with Crippen LogP contribution < -0.4 is 0 Å². The van der Waals surface area contributed by atoms with Crippen LogP contribution in [0.4, 0.5) is 0 Å². The van der Waals surface area contributed by atoms with Crippen molar-refractivity contribution in [1.82, 2.24) is 19.6 Å². The van der Waals surface area contributed by atoms with E-state index in [4.69, 9.17) is 0 Å². The molecule has 4 rings (SSSR count). The number of pyridine rings is 1. The summed E-state index contributed by atoms with van der Waals surface area (Å²) in [7, 11) is 0. The molecule has 4 aromatic heterocycles. The van der Waals surface area contributed by atoms with Crippen LogP contribution in [0.1, 0.15) is 47.6 Å². The predicted octanol–water partition coefficient (Wildman–Crippen LogP) is 3.66. The molecule has 3 N–H and O–H groups in total. The van der Waals surface area contributed by atoms with Gasteiger partial charge in [0.15, 0.2) is 11.9 Å². The molecule has 4 aromatic rings. The van der Waals surface area contributed by atoms with Crippen LogP contribution in [0, 0.1) is 13.8 Å². The molecule has 0 unspecified atom stereocenters. The molecule has 25 heavy (non-hydrogen) atoms. The third-order valence-corrected chi connectivity index (χ3v) is 5.97. The Morgan fingerprint density at radius 2 is 2.00 bits per heavy atom. The quantitative estimate of drug-likeness (QED) is 0.489. The van der Waals surface area contributed by atoms with Crippen molar-refractivity contribution >= 4 is 27.2 Å². The summed E-state index contributed by atoms with van der Waals surface area (Å²) in [6, 6.07) is 2.11. The topological polar surface area (TPSA) is 86.4 Å². The molecule has 0 aliphatic rings. The van der Waals surface area contributed by atoms with Gasteiger partial charge in [-0.2, -0.15) is 5.10 Å². The number of nitrogens with one attached hydrogen (secondary N) is 1. The maximum absolute atomic E-state index is 9.60. The molecule has 4 heterocycles. The minimum absolute atomic E-state index is 0.289. The average Bonchev–Trinajstić information content (AvgIpc) is 3.21. The van der Waals surface area contributed by atoms with Gasteiger partial charge in [0.05, 0.1) is 20.8 Å². The lowest BCUT2D eigenvalue weighted by molar-refractivity contribution is -0.0398. The number of aromatic nitrogens is 4. The van der Waals surface area contributed by atoms with E-state index in [0.717, 1.165) is 38.2 Å². The van der Waals surface area contributed by atoms with Crippen LogP contribution in [0.15, 0.2) is 18.6 Å². The van der Waals surface area contributed by atoms with E-state index in [1.807, 2.05) is 20.0 Å². The van der Waals surface area contributed by atoms with E-state index in [2.05, 4.69) is 35.0 Å². The normalized spacial score (nSPS) is 12.3. The number of aryl methyl sites for hydroxylation is 2. The van der Waals surface area contributed by atoms with Gasteiger partial charge >= 0.3 is 0 Å². The molecule has 0 fully saturated rings. The molecule has 6 nitrogen and oxygen atoms in total. The van der Waals surface area contributed by atoms with Crippen molar-refractivity contribution in [2.45, 2.75) is 39.9 Å².